The summed E-state index contributed by atoms with van der Waals surface area (Å²) in [6, 6.07) is 0. The Labute approximate surface area is 393 Å². The van der Waals surface area contributed by atoms with Crippen LogP contribution in [0.25, 0.3) is 0 Å². The fourth-order valence-electron chi connectivity index (χ4n) is 6.74. The maximum Gasteiger partial charge on any atom is 0.310 e. The minimum atomic E-state index is -0.838. The highest BCUT2D eigenvalue weighted by Crippen LogP contribution is 2.14. The molecule has 64 heavy (non-hydrogen) atoms. The van der Waals surface area contributed by atoms with Crippen LogP contribution in [0.4, 0.5) is 0 Å². The van der Waals surface area contributed by atoms with Crippen LogP contribution in [0.15, 0.2) is 109 Å². The van der Waals surface area contributed by atoms with Gasteiger partial charge in [0.25, 0.3) is 0 Å². The predicted molar refractivity (Wildman–Crippen MR) is 274 cm³/mol. The Morgan fingerprint density at radius 2 is 0.656 bits per heavy atom. The van der Waals surface area contributed by atoms with Crippen molar-refractivity contribution in [3.05, 3.63) is 109 Å². The molecule has 0 aromatic heterocycles. The van der Waals surface area contributed by atoms with Crippen LogP contribution in [-0.2, 0) is 28.6 Å². The highest BCUT2D eigenvalue weighted by atomic mass is 16.6. The number of allylic oxidation sites excluding steroid dienone is 17. The number of hydrogen-bond acceptors (Lipinski definition) is 6. The van der Waals surface area contributed by atoms with Gasteiger partial charge in [-0.15, -0.1) is 0 Å². The second-order valence-electron chi connectivity index (χ2n) is 16.7. The standard InChI is InChI=1S/C58H94O6/c1-4-7-10-13-16-19-22-25-27-28-29-30-32-33-36-39-42-45-48-51-57(60)63-54-55(53-62-56(59)50-47-44-41-38-35-24-21-18-15-12-9-6-3)64-58(61)52-49-46-43-40-37-34-31-26-23-20-17-14-11-8-5-2/h7-8,10-11,16-17,19-20,25-27,29-31,37,40,46,49,55H,4-6,9,12-15,18,21-24,28,32-36,38-39,41-45,47-48,50-54H2,1-3H3/b10-7-,11-8-,19-16-,20-17-,27-25-,30-29-,31-26-,40-37-,49-46-. The highest BCUT2D eigenvalue weighted by molar-refractivity contribution is 5.72. The van der Waals surface area contributed by atoms with Crippen LogP contribution < -0.4 is 0 Å². The Morgan fingerprint density at radius 1 is 0.344 bits per heavy atom. The van der Waals surface area contributed by atoms with Gasteiger partial charge < -0.3 is 14.2 Å². The Bertz CT molecular complexity index is 1340. The molecule has 1 atom stereocenters. The van der Waals surface area contributed by atoms with Gasteiger partial charge in [-0.2, -0.15) is 0 Å². The summed E-state index contributed by atoms with van der Waals surface area (Å²) in [6.45, 7) is 6.30. The number of unbranched alkanes of at least 4 members (excludes halogenated alkanes) is 17. The van der Waals surface area contributed by atoms with Crippen molar-refractivity contribution >= 4 is 17.9 Å². The SMILES string of the molecule is CC/C=C\C/C=C\C/C=C\C/C=C\C/C=C\CC(=O)OC(COC(=O)CCCCCCCC/C=C\C/C=C\C/C=C\C/C=C\CC)COC(=O)CCCCCCCCCCCCCC. The molecule has 0 spiro atoms. The number of carbonyl (C=O) groups excluding carboxylic acids is 3. The summed E-state index contributed by atoms with van der Waals surface area (Å²) in [5, 5.41) is 0. The fourth-order valence-corrected chi connectivity index (χ4v) is 6.74. The van der Waals surface area contributed by atoms with E-state index in [1.807, 2.05) is 6.08 Å². The average molecular weight is 887 g/mol. The molecule has 6 nitrogen and oxygen atoms in total. The quantitative estimate of drug-likeness (QED) is 0.0262. The second kappa shape index (κ2) is 51.7. The first-order chi connectivity index (χ1) is 31.5. The third-order valence-electron chi connectivity index (χ3n) is 10.6. The summed E-state index contributed by atoms with van der Waals surface area (Å²) < 4.78 is 16.7. The second-order valence-corrected chi connectivity index (χ2v) is 16.7. The van der Waals surface area contributed by atoms with E-state index in [1.165, 1.54) is 70.6 Å². The monoisotopic (exact) mass is 887 g/mol. The molecule has 1 unspecified atom stereocenters. The molecular formula is C58H94O6. The van der Waals surface area contributed by atoms with E-state index in [0.29, 0.717) is 19.3 Å². The van der Waals surface area contributed by atoms with E-state index in [-0.39, 0.29) is 31.6 Å². The van der Waals surface area contributed by atoms with Gasteiger partial charge >= 0.3 is 17.9 Å². The number of hydrogen-bond donors (Lipinski definition) is 0. The molecular weight excluding hydrogens is 793 g/mol. The van der Waals surface area contributed by atoms with E-state index >= 15 is 0 Å². The van der Waals surface area contributed by atoms with Gasteiger partial charge in [-0.05, 0) is 83.5 Å². The molecule has 0 rings (SSSR count). The molecule has 0 saturated carbocycles. The van der Waals surface area contributed by atoms with Crippen LogP contribution in [0.2, 0.25) is 0 Å². The van der Waals surface area contributed by atoms with Crippen molar-refractivity contribution < 1.29 is 28.6 Å². The van der Waals surface area contributed by atoms with E-state index in [9.17, 15) is 14.4 Å². The van der Waals surface area contributed by atoms with Gasteiger partial charge in [0.15, 0.2) is 6.10 Å². The molecule has 0 aliphatic rings. The van der Waals surface area contributed by atoms with Gasteiger partial charge in [0, 0.05) is 12.8 Å². The molecule has 0 aliphatic carbocycles. The highest BCUT2D eigenvalue weighted by Gasteiger charge is 2.19. The molecule has 0 N–H and O–H groups in total. The minimum Gasteiger partial charge on any atom is -0.462 e. The Balaban J connectivity index is 4.51. The van der Waals surface area contributed by atoms with Crippen molar-refractivity contribution in [2.24, 2.45) is 0 Å². The predicted octanol–water partition coefficient (Wildman–Crippen LogP) is 17.1. The van der Waals surface area contributed by atoms with Gasteiger partial charge in [0.2, 0.25) is 0 Å². The van der Waals surface area contributed by atoms with Crippen molar-refractivity contribution in [3.8, 4) is 0 Å². The molecule has 0 aliphatic heterocycles. The zero-order valence-corrected chi connectivity index (χ0v) is 41.3. The van der Waals surface area contributed by atoms with Crippen LogP contribution >= 0.6 is 0 Å². The molecule has 0 radical (unpaired) electrons. The largest absolute Gasteiger partial charge is 0.462 e. The van der Waals surface area contributed by atoms with Crippen LogP contribution in [-0.4, -0.2) is 37.2 Å². The van der Waals surface area contributed by atoms with E-state index < -0.39 is 12.1 Å². The Hall–Kier alpha value is -3.93. The lowest BCUT2D eigenvalue weighted by Crippen LogP contribution is -2.30. The summed E-state index contributed by atoms with van der Waals surface area (Å²) in [4.78, 5) is 37.9. The molecule has 6 heteroatoms. The van der Waals surface area contributed by atoms with Gasteiger partial charge in [-0.1, -0.05) is 226 Å². The zero-order chi connectivity index (χ0) is 46.5. The van der Waals surface area contributed by atoms with Crippen molar-refractivity contribution in [1.82, 2.24) is 0 Å². The maximum atomic E-state index is 12.7. The van der Waals surface area contributed by atoms with Crippen molar-refractivity contribution in [2.75, 3.05) is 13.2 Å². The van der Waals surface area contributed by atoms with E-state index in [1.54, 1.807) is 6.08 Å². The van der Waals surface area contributed by atoms with E-state index in [4.69, 9.17) is 14.2 Å². The zero-order valence-electron chi connectivity index (χ0n) is 41.3. The molecule has 0 heterocycles. The molecule has 0 bridgehead atoms. The van der Waals surface area contributed by atoms with Gasteiger partial charge in [0.05, 0.1) is 6.42 Å². The Kier molecular flexibility index (Phi) is 48.5. The lowest BCUT2D eigenvalue weighted by atomic mass is 10.0. The van der Waals surface area contributed by atoms with Gasteiger partial charge in [-0.25, -0.2) is 0 Å². The van der Waals surface area contributed by atoms with Crippen LogP contribution in [0.3, 0.4) is 0 Å². The van der Waals surface area contributed by atoms with Crippen molar-refractivity contribution in [2.45, 2.75) is 226 Å². The first-order valence-electron chi connectivity index (χ1n) is 25.9. The van der Waals surface area contributed by atoms with E-state index in [0.717, 1.165) is 103 Å². The summed E-state index contributed by atoms with van der Waals surface area (Å²) in [5.74, 6) is -1.07. The third-order valence-corrected chi connectivity index (χ3v) is 10.6. The smallest absolute Gasteiger partial charge is 0.310 e. The third kappa shape index (κ3) is 49.1. The maximum absolute atomic E-state index is 12.7. The minimum absolute atomic E-state index is 0.0915. The van der Waals surface area contributed by atoms with Gasteiger partial charge in [0.1, 0.15) is 13.2 Å². The van der Waals surface area contributed by atoms with E-state index in [2.05, 4.69) is 118 Å². The number of ether oxygens (including phenoxy) is 3. The first kappa shape index (κ1) is 60.1. The summed E-state index contributed by atoms with van der Waals surface area (Å²) in [6.07, 6.45) is 69.5. The van der Waals surface area contributed by atoms with Crippen molar-refractivity contribution in [3.63, 3.8) is 0 Å². The normalized spacial score (nSPS) is 13.0. The first-order valence-corrected chi connectivity index (χ1v) is 25.9. The van der Waals surface area contributed by atoms with Crippen LogP contribution in [0, 0.1) is 0 Å². The average Bonchev–Trinajstić information content (AvgIpc) is 3.29. The van der Waals surface area contributed by atoms with Crippen molar-refractivity contribution in [1.29, 1.82) is 0 Å². The fraction of sp³-hybridized carbons (Fsp3) is 0.638. The summed E-state index contributed by atoms with van der Waals surface area (Å²) in [7, 11) is 0. The van der Waals surface area contributed by atoms with Gasteiger partial charge in [-0.3, -0.25) is 14.4 Å². The molecule has 0 amide bonds. The molecule has 0 saturated heterocycles. The lowest BCUT2D eigenvalue weighted by molar-refractivity contribution is -0.166. The lowest BCUT2D eigenvalue weighted by Gasteiger charge is -2.18. The number of carbonyl (C=O) groups is 3. The molecule has 0 aromatic rings. The summed E-state index contributed by atoms with van der Waals surface area (Å²) >= 11 is 0. The number of esters is 3. The summed E-state index contributed by atoms with van der Waals surface area (Å²) in [5.41, 5.74) is 0. The molecule has 362 valence electrons. The molecule has 0 fully saturated rings. The van der Waals surface area contributed by atoms with Crippen LogP contribution in [0.5, 0.6) is 0 Å². The Morgan fingerprint density at radius 3 is 1.03 bits per heavy atom. The molecule has 0 aromatic carbocycles. The van der Waals surface area contributed by atoms with Crippen LogP contribution in [0.1, 0.15) is 220 Å². The topological polar surface area (TPSA) is 78.9 Å². The number of rotatable bonds is 45.